The van der Waals surface area contributed by atoms with Gasteiger partial charge in [-0.2, -0.15) is 0 Å². The minimum atomic E-state index is 0.944. The normalized spacial score (nSPS) is 10.0. The van der Waals surface area contributed by atoms with Crippen molar-refractivity contribution >= 4 is 0 Å². The second kappa shape index (κ2) is 7.03. The average molecular weight is 293 g/mol. The second-order valence-corrected chi connectivity index (χ2v) is 5.04. The van der Waals surface area contributed by atoms with Crippen molar-refractivity contribution in [3.8, 4) is 22.5 Å². The zero-order valence-corrected chi connectivity index (χ0v) is 14.0. The third-order valence-electron chi connectivity index (χ3n) is 3.63. The fourth-order valence-corrected chi connectivity index (χ4v) is 2.52. The molecule has 0 bridgehead atoms. The van der Waals surface area contributed by atoms with Gasteiger partial charge in [-0.15, -0.1) is 5.10 Å². The van der Waals surface area contributed by atoms with E-state index >= 15 is 0 Å². The number of benzene rings is 2. The van der Waals surface area contributed by atoms with E-state index in [0.717, 1.165) is 17.0 Å². The molecule has 1 heterocycles. The lowest BCUT2D eigenvalue weighted by Crippen LogP contribution is -1.96. The van der Waals surface area contributed by atoms with E-state index in [0.29, 0.717) is 0 Å². The predicted octanol–water partition coefficient (Wildman–Crippen LogP) is 4.79. The van der Waals surface area contributed by atoms with E-state index in [9.17, 15) is 0 Å². The van der Waals surface area contributed by atoms with Crippen LogP contribution in [-0.4, -0.2) is 15.0 Å². The molecule has 0 atom stereocenters. The van der Waals surface area contributed by atoms with Crippen molar-refractivity contribution in [2.24, 2.45) is 7.05 Å². The van der Waals surface area contributed by atoms with Crippen molar-refractivity contribution in [3.63, 3.8) is 0 Å². The number of hydrogen-bond acceptors (Lipinski definition) is 2. The molecule has 3 nitrogen and oxygen atoms in total. The summed E-state index contributed by atoms with van der Waals surface area (Å²) in [4.78, 5) is 0. The van der Waals surface area contributed by atoms with Crippen LogP contribution in [0.15, 0.2) is 48.5 Å². The second-order valence-electron chi connectivity index (χ2n) is 5.04. The summed E-state index contributed by atoms with van der Waals surface area (Å²) in [6.45, 7) is 8.22. The average Bonchev–Trinajstić information content (AvgIpc) is 2.92. The van der Waals surface area contributed by atoms with Gasteiger partial charge in [-0.3, -0.25) is 0 Å². The fourth-order valence-electron chi connectivity index (χ4n) is 2.52. The summed E-state index contributed by atoms with van der Waals surface area (Å²) < 4.78 is 1.85. The van der Waals surface area contributed by atoms with Crippen LogP contribution in [0.25, 0.3) is 22.5 Å². The number of nitrogens with zero attached hydrogens (tertiary/aromatic N) is 3. The first-order chi connectivity index (χ1) is 10.7. The van der Waals surface area contributed by atoms with Gasteiger partial charge in [-0.25, -0.2) is 4.68 Å². The molecule has 114 valence electrons. The van der Waals surface area contributed by atoms with Gasteiger partial charge in [0.1, 0.15) is 5.69 Å². The van der Waals surface area contributed by atoms with Crippen LogP contribution >= 0.6 is 0 Å². The molecule has 1 aromatic heterocycles. The van der Waals surface area contributed by atoms with Crippen LogP contribution < -0.4 is 0 Å². The lowest BCUT2D eigenvalue weighted by Gasteiger charge is -2.09. The van der Waals surface area contributed by atoms with Gasteiger partial charge < -0.3 is 0 Å². The van der Waals surface area contributed by atoms with Gasteiger partial charge in [0.2, 0.25) is 0 Å². The van der Waals surface area contributed by atoms with Gasteiger partial charge in [-0.05, 0) is 25.0 Å². The molecule has 0 N–H and O–H groups in total. The van der Waals surface area contributed by atoms with Gasteiger partial charge in [0.15, 0.2) is 0 Å². The maximum Gasteiger partial charge on any atom is 0.121 e. The molecule has 3 rings (SSSR count). The Kier molecular flexibility index (Phi) is 5.10. The molecule has 0 amide bonds. The topological polar surface area (TPSA) is 30.7 Å². The molecule has 0 radical (unpaired) electrons. The lowest BCUT2D eigenvalue weighted by atomic mass is 9.98. The molecule has 3 heteroatoms. The first kappa shape index (κ1) is 16.0. The summed E-state index contributed by atoms with van der Waals surface area (Å²) >= 11 is 0. The Morgan fingerprint density at radius 3 is 1.82 bits per heavy atom. The lowest BCUT2D eigenvalue weighted by molar-refractivity contribution is 0.720. The highest BCUT2D eigenvalue weighted by Gasteiger charge is 2.17. The third kappa shape index (κ3) is 2.93. The molecule has 0 unspecified atom stereocenters. The summed E-state index contributed by atoms with van der Waals surface area (Å²) in [7, 11) is 1.94. The van der Waals surface area contributed by atoms with Crippen LogP contribution in [0.5, 0.6) is 0 Å². The molecule has 0 saturated carbocycles. The number of aromatic nitrogens is 3. The van der Waals surface area contributed by atoms with Crippen molar-refractivity contribution in [2.75, 3.05) is 0 Å². The van der Waals surface area contributed by atoms with Crippen LogP contribution in [-0.2, 0) is 7.05 Å². The van der Waals surface area contributed by atoms with E-state index in [4.69, 9.17) is 0 Å². The minimum absolute atomic E-state index is 0.944. The van der Waals surface area contributed by atoms with Crippen molar-refractivity contribution in [2.45, 2.75) is 27.7 Å². The van der Waals surface area contributed by atoms with E-state index in [1.807, 2.05) is 37.7 Å². The highest BCUT2D eigenvalue weighted by Crippen LogP contribution is 2.32. The van der Waals surface area contributed by atoms with Crippen LogP contribution in [0.4, 0.5) is 0 Å². The highest BCUT2D eigenvalue weighted by atomic mass is 15.4. The quantitative estimate of drug-likeness (QED) is 0.680. The van der Waals surface area contributed by atoms with E-state index in [2.05, 4.69) is 60.6 Å². The molecule has 0 aliphatic carbocycles. The highest BCUT2D eigenvalue weighted by molar-refractivity contribution is 5.80. The molecular weight excluding hydrogens is 270 g/mol. The summed E-state index contributed by atoms with van der Waals surface area (Å²) in [6, 6.07) is 16.6. The SMILES string of the molecule is CC.Cc1ccccc1-c1nnn(C)c1-c1ccccc1C. The standard InChI is InChI=1S/C17H17N3.C2H6/c1-12-8-4-6-10-14(12)16-17(20(3)19-18-16)15-11-7-5-9-13(15)2;1-2/h4-11H,1-3H3;1-2H3. The van der Waals surface area contributed by atoms with Crippen LogP contribution in [0.2, 0.25) is 0 Å². The van der Waals surface area contributed by atoms with Gasteiger partial charge >= 0.3 is 0 Å². The van der Waals surface area contributed by atoms with Gasteiger partial charge in [0, 0.05) is 18.2 Å². The van der Waals surface area contributed by atoms with Crippen LogP contribution in [0.3, 0.4) is 0 Å². The molecule has 0 spiro atoms. The molecule has 2 aromatic carbocycles. The van der Waals surface area contributed by atoms with Gasteiger partial charge in [0.05, 0.1) is 5.69 Å². The zero-order chi connectivity index (χ0) is 16.1. The number of rotatable bonds is 2. The van der Waals surface area contributed by atoms with E-state index in [1.54, 1.807) is 0 Å². The Balaban J connectivity index is 0.000000847. The van der Waals surface area contributed by atoms with E-state index in [-0.39, 0.29) is 0 Å². The van der Waals surface area contributed by atoms with E-state index in [1.165, 1.54) is 16.7 Å². The Hall–Kier alpha value is -2.42. The van der Waals surface area contributed by atoms with Crippen molar-refractivity contribution in [1.29, 1.82) is 0 Å². The van der Waals surface area contributed by atoms with Crippen molar-refractivity contribution < 1.29 is 0 Å². The summed E-state index contributed by atoms with van der Waals surface area (Å²) in [6.07, 6.45) is 0. The van der Waals surface area contributed by atoms with Crippen LogP contribution in [0, 0.1) is 13.8 Å². The van der Waals surface area contributed by atoms with Crippen molar-refractivity contribution in [1.82, 2.24) is 15.0 Å². The molecule has 0 aliphatic heterocycles. The molecule has 0 aliphatic rings. The largest absolute Gasteiger partial charge is 0.247 e. The zero-order valence-electron chi connectivity index (χ0n) is 14.0. The summed E-state index contributed by atoms with van der Waals surface area (Å²) in [5, 5.41) is 8.60. The molecule has 0 fully saturated rings. The molecule has 0 saturated heterocycles. The molecule has 3 aromatic rings. The Morgan fingerprint density at radius 2 is 1.27 bits per heavy atom. The maximum absolute atomic E-state index is 4.38. The maximum atomic E-state index is 4.38. The minimum Gasteiger partial charge on any atom is -0.247 e. The Morgan fingerprint density at radius 1 is 0.773 bits per heavy atom. The summed E-state index contributed by atoms with van der Waals surface area (Å²) in [5.41, 5.74) is 6.77. The Bertz CT molecular complexity index is 757. The third-order valence-corrected chi connectivity index (χ3v) is 3.63. The van der Waals surface area contributed by atoms with E-state index < -0.39 is 0 Å². The first-order valence-corrected chi connectivity index (χ1v) is 7.70. The smallest absolute Gasteiger partial charge is 0.121 e. The number of hydrogen-bond donors (Lipinski definition) is 0. The molecule has 22 heavy (non-hydrogen) atoms. The van der Waals surface area contributed by atoms with Gasteiger partial charge in [0.25, 0.3) is 0 Å². The molecular formula is C19H23N3. The number of aryl methyl sites for hydroxylation is 3. The van der Waals surface area contributed by atoms with Crippen LogP contribution in [0.1, 0.15) is 25.0 Å². The fraction of sp³-hybridized carbons (Fsp3) is 0.263. The van der Waals surface area contributed by atoms with Gasteiger partial charge in [-0.1, -0.05) is 67.6 Å². The summed E-state index contributed by atoms with van der Waals surface area (Å²) in [5.74, 6) is 0. The van der Waals surface area contributed by atoms with Crippen molar-refractivity contribution in [3.05, 3.63) is 59.7 Å². The predicted molar refractivity (Wildman–Crippen MR) is 92.7 cm³/mol. The first-order valence-electron chi connectivity index (χ1n) is 7.70. The monoisotopic (exact) mass is 293 g/mol. The Labute approximate surface area is 132 Å².